The Hall–Kier alpha value is -0.120. The standard InChI is InChI=1S/C18H32O3/c1-13(11-15-5-3-9-19-15)17-7-8-18(21-17)14(2)12-16-6-4-10-20-16/h13-18H,3-12H2,1-2H3. The number of ether oxygens (including phenoxy) is 3. The Bertz CT molecular complexity index is 278. The number of hydrogen-bond donors (Lipinski definition) is 0. The van der Waals surface area contributed by atoms with Gasteiger partial charge in [-0.2, -0.15) is 0 Å². The van der Waals surface area contributed by atoms with Crippen molar-refractivity contribution in [1.82, 2.24) is 0 Å². The van der Waals surface area contributed by atoms with Crippen molar-refractivity contribution in [1.29, 1.82) is 0 Å². The first-order valence-electron chi connectivity index (χ1n) is 9.11. The molecular weight excluding hydrogens is 264 g/mol. The summed E-state index contributed by atoms with van der Waals surface area (Å²) in [6.45, 7) is 6.62. The molecule has 3 aliphatic heterocycles. The maximum Gasteiger partial charge on any atom is 0.0606 e. The van der Waals surface area contributed by atoms with Crippen LogP contribution in [0.5, 0.6) is 0 Å². The average molecular weight is 296 g/mol. The summed E-state index contributed by atoms with van der Waals surface area (Å²) in [5.74, 6) is 1.26. The highest BCUT2D eigenvalue weighted by Gasteiger charge is 2.35. The molecule has 0 saturated carbocycles. The second kappa shape index (κ2) is 7.43. The van der Waals surface area contributed by atoms with Crippen molar-refractivity contribution in [2.45, 2.75) is 89.6 Å². The average Bonchev–Trinajstić information content (AvgIpc) is 3.21. The van der Waals surface area contributed by atoms with Crippen LogP contribution in [0, 0.1) is 11.8 Å². The van der Waals surface area contributed by atoms with Gasteiger partial charge in [0.05, 0.1) is 24.4 Å². The van der Waals surface area contributed by atoms with E-state index in [0.29, 0.717) is 36.3 Å². The molecule has 3 saturated heterocycles. The molecular formula is C18H32O3. The number of hydrogen-bond acceptors (Lipinski definition) is 3. The van der Waals surface area contributed by atoms with E-state index in [1.54, 1.807) is 0 Å². The Kier molecular flexibility index (Phi) is 5.58. The molecule has 3 rings (SSSR count). The first kappa shape index (κ1) is 15.8. The molecule has 0 bridgehead atoms. The second-order valence-electron chi connectivity index (χ2n) is 7.49. The molecule has 0 amide bonds. The Morgan fingerprint density at radius 3 is 1.62 bits per heavy atom. The van der Waals surface area contributed by atoms with Gasteiger partial charge in [-0.05, 0) is 63.2 Å². The fourth-order valence-electron chi connectivity index (χ4n) is 4.32. The van der Waals surface area contributed by atoms with Crippen LogP contribution in [0.25, 0.3) is 0 Å². The van der Waals surface area contributed by atoms with Gasteiger partial charge in [0.25, 0.3) is 0 Å². The van der Waals surface area contributed by atoms with Gasteiger partial charge in [0.15, 0.2) is 0 Å². The van der Waals surface area contributed by atoms with Gasteiger partial charge < -0.3 is 14.2 Å². The molecule has 21 heavy (non-hydrogen) atoms. The second-order valence-corrected chi connectivity index (χ2v) is 7.49. The summed E-state index contributed by atoms with van der Waals surface area (Å²) >= 11 is 0. The first-order chi connectivity index (χ1) is 10.2. The Balaban J connectivity index is 1.41. The van der Waals surface area contributed by atoms with Crippen LogP contribution in [-0.2, 0) is 14.2 Å². The zero-order chi connectivity index (χ0) is 14.7. The molecule has 3 heteroatoms. The summed E-state index contributed by atoms with van der Waals surface area (Å²) in [4.78, 5) is 0. The molecule has 3 nitrogen and oxygen atoms in total. The van der Waals surface area contributed by atoms with Crippen molar-refractivity contribution in [2.24, 2.45) is 11.8 Å². The van der Waals surface area contributed by atoms with Crippen molar-refractivity contribution in [3.05, 3.63) is 0 Å². The molecule has 0 aromatic heterocycles. The predicted molar refractivity (Wildman–Crippen MR) is 83.4 cm³/mol. The minimum atomic E-state index is 0.450. The largest absolute Gasteiger partial charge is 0.378 e. The molecule has 6 atom stereocenters. The lowest BCUT2D eigenvalue weighted by Crippen LogP contribution is -2.27. The van der Waals surface area contributed by atoms with Gasteiger partial charge in [-0.15, -0.1) is 0 Å². The summed E-state index contributed by atoms with van der Waals surface area (Å²) in [6.07, 6.45) is 11.7. The van der Waals surface area contributed by atoms with Crippen LogP contribution in [0.2, 0.25) is 0 Å². The van der Waals surface area contributed by atoms with E-state index in [9.17, 15) is 0 Å². The Labute approximate surface area is 129 Å². The minimum Gasteiger partial charge on any atom is -0.378 e. The third-order valence-electron chi connectivity index (χ3n) is 5.67. The van der Waals surface area contributed by atoms with E-state index in [1.807, 2.05) is 0 Å². The van der Waals surface area contributed by atoms with Gasteiger partial charge in [-0.1, -0.05) is 13.8 Å². The molecule has 0 spiro atoms. The van der Waals surface area contributed by atoms with Gasteiger partial charge >= 0.3 is 0 Å². The highest BCUT2D eigenvalue weighted by Crippen LogP contribution is 2.35. The van der Waals surface area contributed by atoms with Crippen molar-refractivity contribution in [3.8, 4) is 0 Å². The molecule has 0 aromatic rings. The van der Waals surface area contributed by atoms with Crippen LogP contribution >= 0.6 is 0 Å². The quantitative estimate of drug-likeness (QED) is 0.743. The molecule has 3 fully saturated rings. The van der Waals surface area contributed by atoms with E-state index in [1.165, 1.54) is 51.4 Å². The van der Waals surface area contributed by atoms with Crippen LogP contribution in [0.15, 0.2) is 0 Å². The summed E-state index contributed by atoms with van der Waals surface area (Å²) in [5, 5.41) is 0. The van der Waals surface area contributed by atoms with E-state index < -0.39 is 0 Å². The van der Waals surface area contributed by atoms with Crippen molar-refractivity contribution in [3.63, 3.8) is 0 Å². The topological polar surface area (TPSA) is 27.7 Å². The summed E-state index contributed by atoms with van der Waals surface area (Å²) in [7, 11) is 0. The fraction of sp³-hybridized carbons (Fsp3) is 1.00. The predicted octanol–water partition coefficient (Wildman–Crippen LogP) is 3.94. The molecule has 0 aliphatic carbocycles. The first-order valence-corrected chi connectivity index (χ1v) is 9.11. The molecule has 3 heterocycles. The summed E-state index contributed by atoms with van der Waals surface area (Å²) in [5.41, 5.74) is 0. The van der Waals surface area contributed by atoms with Gasteiger partial charge in [-0.25, -0.2) is 0 Å². The minimum absolute atomic E-state index is 0.450. The highest BCUT2D eigenvalue weighted by atomic mass is 16.5. The van der Waals surface area contributed by atoms with Crippen LogP contribution in [0.3, 0.4) is 0 Å². The van der Waals surface area contributed by atoms with Crippen molar-refractivity contribution >= 4 is 0 Å². The molecule has 3 aliphatic rings. The Morgan fingerprint density at radius 1 is 0.762 bits per heavy atom. The maximum absolute atomic E-state index is 6.39. The van der Waals surface area contributed by atoms with E-state index >= 15 is 0 Å². The summed E-state index contributed by atoms with van der Waals surface area (Å²) < 4.78 is 17.9. The lowest BCUT2D eigenvalue weighted by atomic mass is 9.92. The van der Waals surface area contributed by atoms with Gasteiger partial charge in [-0.3, -0.25) is 0 Å². The van der Waals surface area contributed by atoms with Crippen LogP contribution in [0.4, 0.5) is 0 Å². The Morgan fingerprint density at radius 2 is 1.24 bits per heavy atom. The number of rotatable bonds is 6. The molecule has 0 aromatic carbocycles. The lowest BCUT2D eigenvalue weighted by molar-refractivity contribution is -0.0327. The third kappa shape index (κ3) is 4.20. The van der Waals surface area contributed by atoms with E-state index in [0.717, 1.165) is 13.2 Å². The molecule has 122 valence electrons. The van der Waals surface area contributed by atoms with E-state index in [-0.39, 0.29) is 0 Å². The van der Waals surface area contributed by atoms with Gasteiger partial charge in [0, 0.05) is 13.2 Å². The normalized spacial score (nSPS) is 39.7. The fourth-order valence-corrected chi connectivity index (χ4v) is 4.32. The van der Waals surface area contributed by atoms with Gasteiger partial charge in [0.2, 0.25) is 0 Å². The molecule has 0 N–H and O–H groups in total. The SMILES string of the molecule is CC(CC1CCCO1)C1CCC(C(C)CC2CCCO2)O1. The maximum atomic E-state index is 6.39. The summed E-state index contributed by atoms with van der Waals surface area (Å²) in [6, 6.07) is 0. The highest BCUT2D eigenvalue weighted by molar-refractivity contribution is 4.84. The molecule has 0 radical (unpaired) electrons. The molecule has 6 unspecified atom stereocenters. The lowest BCUT2D eigenvalue weighted by Gasteiger charge is -2.26. The van der Waals surface area contributed by atoms with E-state index in [4.69, 9.17) is 14.2 Å². The van der Waals surface area contributed by atoms with Crippen LogP contribution in [0.1, 0.15) is 65.2 Å². The van der Waals surface area contributed by atoms with Crippen molar-refractivity contribution in [2.75, 3.05) is 13.2 Å². The smallest absolute Gasteiger partial charge is 0.0606 e. The monoisotopic (exact) mass is 296 g/mol. The van der Waals surface area contributed by atoms with Crippen molar-refractivity contribution < 1.29 is 14.2 Å². The van der Waals surface area contributed by atoms with Crippen LogP contribution in [-0.4, -0.2) is 37.6 Å². The zero-order valence-electron chi connectivity index (χ0n) is 13.8. The zero-order valence-corrected chi connectivity index (χ0v) is 13.8. The van der Waals surface area contributed by atoms with Gasteiger partial charge in [0.1, 0.15) is 0 Å². The van der Waals surface area contributed by atoms with E-state index in [2.05, 4.69) is 13.8 Å². The van der Waals surface area contributed by atoms with Crippen LogP contribution < -0.4 is 0 Å². The third-order valence-corrected chi connectivity index (χ3v) is 5.67.